The second kappa shape index (κ2) is 5.74. The molecule has 0 aliphatic carbocycles. The number of hydrogen-bond acceptors (Lipinski definition) is 6. The van der Waals surface area contributed by atoms with Crippen LogP contribution in [0.5, 0.6) is 23.0 Å². The van der Waals surface area contributed by atoms with Gasteiger partial charge in [0.15, 0.2) is 23.0 Å². The summed E-state index contributed by atoms with van der Waals surface area (Å²) in [6, 6.07) is 5.44. The number of nitrogens with zero attached hydrogens (tertiary/aromatic N) is 1. The summed E-state index contributed by atoms with van der Waals surface area (Å²) in [5, 5.41) is 20.3. The van der Waals surface area contributed by atoms with Crippen LogP contribution in [-0.2, 0) is 19.4 Å². The molecule has 4 N–H and O–H groups in total. The Morgan fingerprint density at radius 2 is 1.88 bits per heavy atom. The number of aromatic hydroxyl groups is 2. The fraction of sp³-hybridized carbons (Fsp3) is 0.368. The summed E-state index contributed by atoms with van der Waals surface area (Å²) in [5.74, 6) is 1.25. The number of nitrogen functional groups attached to an aromatic ring is 1. The molecule has 1 unspecified atom stereocenters. The van der Waals surface area contributed by atoms with Gasteiger partial charge in [0.2, 0.25) is 0 Å². The lowest BCUT2D eigenvalue weighted by atomic mass is 9.83. The predicted octanol–water partition coefficient (Wildman–Crippen LogP) is 2.35. The van der Waals surface area contributed by atoms with E-state index in [9.17, 15) is 10.2 Å². The van der Waals surface area contributed by atoms with E-state index in [1.807, 2.05) is 12.1 Å². The van der Waals surface area contributed by atoms with Crippen molar-refractivity contribution in [2.24, 2.45) is 0 Å². The van der Waals surface area contributed by atoms with E-state index in [0.717, 1.165) is 36.1 Å². The first-order valence-corrected chi connectivity index (χ1v) is 8.34. The Hall–Kier alpha value is -2.60. The third kappa shape index (κ3) is 2.36. The molecule has 4 rings (SSSR count). The largest absolute Gasteiger partial charge is 0.504 e. The second-order valence-electron chi connectivity index (χ2n) is 6.64. The molecule has 0 bridgehead atoms. The highest BCUT2D eigenvalue weighted by atomic mass is 16.5. The van der Waals surface area contributed by atoms with Crippen LogP contribution >= 0.6 is 0 Å². The Kier molecular flexibility index (Phi) is 3.65. The van der Waals surface area contributed by atoms with Crippen LogP contribution in [0, 0.1) is 0 Å². The van der Waals surface area contributed by atoms with E-state index in [0.29, 0.717) is 23.7 Å². The Balaban J connectivity index is 1.81. The number of methoxy groups -OCH3 is 2. The van der Waals surface area contributed by atoms with Crippen molar-refractivity contribution in [2.45, 2.75) is 25.4 Å². The van der Waals surface area contributed by atoms with Gasteiger partial charge in [0.05, 0.1) is 14.2 Å². The van der Waals surface area contributed by atoms with Crippen molar-refractivity contribution in [3.05, 3.63) is 40.5 Å². The summed E-state index contributed by atoms with van der Waals surface area (Å²) < 4.78 is 10.6. The molecule has 2 heterocycles. The van der Waals surface area contributed by atoms with Crippen molar-refractivity contribution < 1.29 is 19.7 Å². The second-order valence-corrected chi connectivity index (χ2v) is 6.64. The Morgan fingerprint density at radius 1 is 1.08 bits per heavy atom. The molecule has 132 valence electrons. The van der Waals surface area contributed by atoms with Gasteiger partial charge in [-0.2, -0.15) is 0 Å². The molecule has 2 aromatic carbocycles. The highest BCUT2D eigenvalue weighted by Crippen LogP contribution is 2.47. The topological polar surface area (TPSA) is 88.2 Å². The van der Waals surface area contributed by atoms with E-state index in [4.69, 9.17) is 15.2 Å². The molecular weight excluding hydrogens is 320 g/mol. The monoisotopic (exact) mass is 342 g/mol. The van der Waals surface area contributed by atoms with Gasteiger partial charge in [0, 0.05) is 36.4 Å². The summed E-state index contributed by atoms with van der Waals surface area (Å²) in [7, 11) is 3.13. The minimum atomic E-state index is 0.0805. The van der Waals surface area contributed by atoms with E-state index >= 15 is 0 Å². The maximum absolute atomic E-state index is 10.2. The van der Waals surface area contributed by atoms with Crippen molar-refractivity contribution in [2.75, 3.05) is 26.5 Å². The lowest BCUT2D eigenvalue weighted by molar-refractivity contribution is 0.157. The van der Waals surface area contributed by atoms with Gasteiger partial charge >= 0.3 is 0 Å². The van der Waals surface area contributed by atoms with Crippen molar-refractivity contribution in [1.29, 1.82) is 0 Å². The van der Waals surface area contributed by atoms with E-state index in [-0.39, 0.29) is 17.5 Å². The van der Waals surface area contributed by atoms with Crippen LogP contribution in [0.25, 0.3) is 0 Å². The SMILES string of the molecule is COc1cc2c(cc1O)C1Cc3c(N)cc(O)c(OC)c3CN1CC2. The summed E-state index contributed by atoms with van der Waals surface area (Å²) in [4.78, 5) is 2.35. The number of fused-ring (bicyclic) bond motifs is 4. The molecule has 0 fully saturated rings. The molecule has 0 radical (unpaired) electrons. The number of ether oxygens (including phenoxy) is 2. The Bertz CT molecular complexity index is 850. The number of phenolic OH excluding ortho intramolecular Hbond substituents is 2. The lowest BCUT2D eigenvalue weighted by Crippen LogP contribution is -2.39. The number of anilines is 1. The molecule has 2 aliphatic heterocycles. The molecule has 2 aliphatic rings. The smallest absolute Gasteiger partial charge is 0.165 e. The molecular formula is C19H22N2O4. The van der Waals surface area contributed by atoms with Crippen LogP contribution in [0.4, 0.5) is 5.69 Å². The van der Waals surface area contributed by atoms with Crippen molar-refractivity contribution >= 4 is 5.69 Å². The van der Waals surface area contributed by atoms with Crippen LogP contribution in [0.1, 0.15) is 28.3 Å². The molecule has 0 spiro atoms. The van der Waals surface area contributed by atoms with E-state index in [2.05, 4.69) is 4.90 Å². The van der Waals surface area contributed by atoms with Crippen molar-refractivity contribution in [3.8, 4) is 23.0 Å². The van der Waals surface area contributed by atoms with Crippen LogP contribution in [0.2, 0.25) is 0 Å². The first-order chi connectivity index (χ1) is 12.0. The van der Waals surface area contributed by atoms with Gasteiger partial charge in [-0.1, -0.05) is 0 Å². The zero-order chi connectivity index (χ0) is 17.7. The third-order valence-electron chi connectivity index (χ3n) is 5.38. The first kappa shape index (κ1) is 15.9. The number of benzene rings is 2. The van der Waals surface area contributed by atoms with Gasteiger partial charge in [0.1, 0.15) is 0 Å². The average Bonchev–Trinajstić information content (AvgIpc) is 2.60. The Morgan fingerprint density at radius 3 is 2.60 bits per heavy atom. The predicted molar refractivity (Wildman–Crippen MR) is 94.3 cm³/mol. The molecule has 0 aromatic heterocycles. The molecule has 1 atom stereocenters. The summed E-state index contributed by atoms with van der Waals surface area (Å²) in [6.07, 6.45) is 1.60. The number of hydrogen-bond donors (Lipinski definition) is 3. The van der Waals surface area contributed by atoms with Crippen molar-refractivity contribution in [3.63, 3.8) is 0 Å². The minimum absolute atomic E-state index is 0.0805. The highest BCUT2D eigenvalue weighted by molar-refractivity contribution is 5.64. The summed E-state index contributed by atoms with van der Waals surface area (Å²) in [5.41, 5.74) is 11.0. The van der Waals surface area contributed by atoms with Gasteiger partial charge in [0.25, 0.3) is 0 Å². The summed E-state index contributed by atoms with van der Waals surface area (Å²) >= 11 is 0. The Labute approximate surface area is 146 Å². The number of nitrogens with two attached hydrogens (primary N) is 1. The molecule has 0 amide bonds. The van der Waals surface area contributed by atoms with Gasteiger partial charge < -0.3 is 25.4 Å². The minimum Gasteiger partial charge on any atom is -0.504 e. The standard InChI is InChI=1S/C19H22N2O4/c1-24-18-5-10-3-4-21-9-13-12(6-15(21)11(10)7-16(18)22)14(20)8-17(23)19(13)25-2/h5,7-8,15,22-23H,3-4,6,9,20H2,1-2H3. The van der Waals surface area contributed by atoms with Crippen LogP contribution in [-0.4, -0.2) is 35.9 Å². The third-order valence-corrected chi connectivity index (χ3v) is 5.38. The van der Waals surface area contributed by atoms with Crippen LogP contribution in [0.15, 0.2) is 18.2 Å². The maximum atomic E-state index is 10.2. The lowest BCUT2D eigenvalue weighted by Gasteiger charge is -2.42. The van der Waals surface area contributed by atoms with Gasteiger partial charge in [-0.25, -0.2) is 0 Å². The van der Waals surface area contributed by atoms with Gasteiger partial charge in [-0.05, 0) is 41.7 Å². The molecule has 0 saturated carbocycles. The molecule has 6 heteroatoms. The van der Waals surface area contributed by atoms with Gasteiger partial charge in [-0.15, -0.1) is 0 Å². The van der Waals surface area contributed by atoms with Crippen LogP contribution < -0.4 is 15.2 Å². The molecule has 2 aromatic rings. The normalized spacial score (nSPS) is 18.9. The molecule has 6 nitrogen and oxygen atoms in total. The van der Waals surface area contributed by atoms with Crippen molar-refractivity contribution in [1.82, 2.24) is 4.90 Å². The molecule has 25 heavy (non-hydrogen) atoms. The van der Waals surface area contributed by atoms with Gasteiger partial charge in [-0.3, -0.25) is 4.90 Å². The van der Waals surface area contributed by atoms with Crippen LogP contribution in [0.3, 0.4) is 0 Å². The first-order valence-electron chi connectivity index (χ1n) is 8.34. The zero-order valence-corrected chi connectivity index (χ0v) is 14.4. The van der Waals surface area contributed by atoms with E-state index in [1.165, 1.54) is 5.56 Å². The fourth-order valence-corrected chi connectivity index (χ4v) is 4.16. The maximum Gasteiger partial charge on any atom is 0.165 e. The highest BCUT2D eigenvalue weighted by Gasteiger charge is 2.35. The van der Waals surface area contributed by atoms with E-state index in [1.54, 1.807) is 20.3 Å². The number of phenols is 2. The summed E-state index contributed by atoms with van der Waals surface area (Å²) in [6.45, 7) is 1.55. The molecule has 0 saturated heterocycles. The fourth-order valence-electron chi connectivity index (χ4n) is 4.16. The average molecular weight is 342 g/mol. The van der Waals surface area contributed by atoms with E-state index < -0.39 is 0 Å². The number of rotatable bonds is 2. The zero-order valence-electron chi connectivity index (χ0n) is 14.4. The quantitative estimate of drug-likeness (QED) is 0.726.